The summed E-state index contributed by atoms with van der Waals surface area (Å²) in [4.78, 5) is 0. The van der Waals surface area contributed by atoms with Gasteiger partial charge in [0.2, 0.25) is 0 Å². The first-order valence-corrected chi connectivity index (χ1v) is 9.64. The Bertz CT molecular complexity index is 869. The van der Waals surface area contributed by atoms with Crippen molar-refractivity contribution in [1.82, 2.24) is 14.8 Å². The molecule has 3 aromatic rings. The lowest BCUT2D eigenvalue weighted by molar-refractivity contribution is 0.639. The summed E-state index contributed by atoms with van der Waals surface area (Å²) in [6, 6.07) is 20.6. The Morgan fingerprint density at radius 1 is 1.12 bits per heavy atom. The van der Waals surface area contributed by atoms with E-state index in [0.717, 1.165) is 34.0 Å². The molecule has 126 valence electrons. The fourth-order valence-corrected chi connectivity index (χ4v) is 3.49. The number of halogens is 1. The molecule has 0 radical (unpaired) electrons. The van der Waals surface area contributed by atoms with Crippen molar-refractivity contribution in [2.24, 2.45) is 0 Å². The zero-order valence-corrected chi connectivity index (χ0v) is 16.2. The summed E-state index contributed by atoms with van der Waals surface area (Å²) >= 11 is 4.91. The van der Waals surface area contributed by atoms with Crippen LogP contribution in [0.25, 0.3) is 11.4 Å². The zero-order valence-electron chi connectivity index (χ0n) is 13.8. The summed E-state index contributed by atoms with van der Waals surface area (Å²) in [5.74, 6) is 0.830. The minimum atomic E-state index is -0.169. The largest absolute Gasteiger partial charge is 0.302 e. The first-order valence-electron chi connectivity index (χ1n) is 7.96. The number of thioether (sulfide) groups is 1. The van der Waals surface area contributed by atoms with Crippen molar-refractivity contribution in [2.45, 2.75) is 30.3 Å². The Morgan fingerprint density at radius 2 is 1.84 bits per heavy atom. The smallest absolute Gasteiger partial charge is 0.192 e. The minimum Gasteiger partial charge on any atom is -0.302 e. The summed E-state index contributed by atoms with van der Waals surface area (Å²) in [6.07, 6.45) is 0.886. The van der Waals surface area contributed by atoms with E-state index in [4.69, 9.17) is 5.26 Å². The van der Waals surface area contributed by atoms with Gasteiger partial charge in [-0.05, 0) is 31.0 Å². The van der Waals surface area contributed by atoms with Crippen molar-refractivity contribution in [3.63, 3.8) is 0 Å². The van der Waals surface area contributed by atoms with Crippen molar-refractivity contribution in [3.05, 3.63) is 64.6 Å². The number of nitrogens with zero attached hydrogens (tertiary/aromatic N) is 4. The quantitative estimate of drug-likeness (QED) is 0.537. The van der Waals surface area contributed by atoms with E-state index in [2.05, 4.69) is 48.9 Å². The Balaban J connectivity index is 1.91. The summed E-state index contributed by atoms with van der Waals surface area (Å²) in [6.45, 7) is 2.64. The van der Waals surface area contributed by atoms with Crippen LogP contribution >= 0.6 is 27.7 Å². The van der Waals surface area contributed by atoms with Gasteiger partial charge in [0.05, 0.1) is 11.3 Å². The van der Waals surface area contributed by atoms with E-state index in [-0.39, 0.29) is 5.25 Å². The number of hydrogen-bond acceptors (Lipinski definition) is 4. The topological polar surface area (TPSA) is 54.5 Å². The van der Waals surface area contributed by atoms with Crippen LogP contribution < -0.4 is 0 Å². The molecule has 1 atom stereocenters. The van der Waals surface area contributed by atoms with Gasteiger partial charge in [-0.25, -0.2) is 0 Å². The number of rotatable bonds is 6. The molecule has 0 amide bonds. The number of benzene rings is 2. The molecule has 25 heavy (non-hydrogen) atoms. The van der Waals surface area contributed by atoms with E-state index in [0.29, 0.717) is 0 Å². The predicted molar refractivity (Wildman–Crippen MR) is 104 cm³/mol. The molecule has 0 aliphatic heterocycles. The second-order valence-corrected chi connectivity index (χ2v) is 7.81. The molecule has 4 nitrogen and oxygen atoms in total. The Hall–Kier alpha value is -2.10. The van der Waals surface area contributed by atoms with Crippen LogP contribution in [-0.2, 0) is 13.0 Å². The molecule has 3 rings (SSSR count). The molecule has 0 spiro atoms. The molecular formula is C19H17BrN4S. The maximum absolute atomic E-state index is 9.12. The molecule has 1 heterocycles. The SMILES string of the molecule is CC(C#N)Sc1nnc(-c2ccc(Br)cc2)n1CCc1ccccc1. The molecule has 0 N–H and O–H groups in total. The lowest BCUT2D eigenvalue weighted by atomic mass is 10.1. The first kappa shape index (κ1) is 17.7. The van der Waals surface area contributed by atoms with Gasteiger partial charge in [0.1, 0.15) is 0 Å². The molecule has 1 unspecified atom stereocenters. The lowest BCUT2D eigenvalue weighted by Crippen LogP contribution is -2.06. The number of hydrogen-bond donors (Lipinski definition) is 0. The van der Waals surface area contributed by atoms with E-state index in [1.165, 1.54) is 17.3 Å². The van der Waals surface area contributed by atoms with Crippen LogP contribution in [0, 0.1) is 11.3 Å². The number of nitriles is 1. The molecule has 0 bridgehead atoms. The third-order valence-corrected chi connectivity index (χ3v) is 5.25. The van der Waals surface area contributed by atoms with Gasteiger partial charge >= 0.3 is 0 Å². The third kappa shape index (κ3) is 4.50. The van der Waals surface area contributed by atoms with Crippen LogP contribution in [0.4, 0.5) is 0 Å². The highest BCUT2D eigenvalue weighted by Gasteiger charge is 2.16. The van der Waals surface area contributed by atoms with E-state index in [1.807, 2.05) is 49.4 Å². The van der Waals surface area contributed by atoms with E-state index >= 15 is 0 Å². The van der Waals surface area contributed by atoms with Crippen molar-refractivity contribution in [1.29, 1.82) is 5.26 Å². The molecule has 1 aromatic heterocycles. The Morgan fingerprint density at radius 3 is 2.52 bits per heavy atom. The molecule has 0 fully saturated rings. The van der Waals surface area contributed by atoms with Crippen LogP contribution in [0.15, 0.2) is 64.2 Å². The summed E-state index contributed by atoms with van der Waals surface area (Å²) < 4.78 is 3.13. The number of aromatic nitrogens is 3. The number of aryl methyl sites for hydroxylation is 1. The van der Waals surface area contributed by atoms with E-state index in [1.54, 1.807) is 0 Å². The van der Waals surface area contributed by atoms with Gasteiger partial charge in [0.15, 0.2) is 11.0 Å². The molecule has 0 aliphatic rings. The van der Waals surface area contributed by atoms with Crippen molar-refractivity contribution in [2.75, 3.05) is 0 Å². The molecule has 0 saturated carbocycles. The fraction of sp³-hybridized carbons (Fsp3) is 0.211. The maximum Gasteiger partial charge on any atom is 0.192 e. The fourth-order valence-electron chi connectivity index (χ4n) is 2.46. The van der Waals surface area contributed by atoms with Gasteiger partial charge in [-0.15, -0.1) is 10.2 Å². The molecule has 6 heteroatoms. The second kappa shape index (κ2) is 8.32. The molecule has 0 aliphatic carbocycles. The normalized spacial score (nSPS) is 11.9. The summed E-state index contributed by atoms with van der Waals surface area (Å²) in [5, 5.41) is 18.4. The maximum atomic E-state index is 9.12. The second-order valence-electron chi connectivity index (χ2n) is 5.59. The average Bonchev–Trinajstić information content (AvgIpc) is 3.03. The average molecular weight is 413 g/mol. The van der Waals surface area contributed by atoms with Gasteiger partial charge < -0.3 is 4.57 Å². The third-order valence-electron chi connectivity index (χ3n) is 3.75. The van der Waals surface area contributed by atoms with Gasteiger partial charge in [-0.2, -0.15) is 5.26 Å². The monoisotopic (exact) mass is 412 g/mol. The van der Waals surface area contributed by atoms with Crippen LogP contribution in [0.2, 0.25) is 0 Å². The Labute approximate surface area is 160 Å². The van der Waals surface area contributed by atoms with Crippen LogP contribution in [0.5, 0.6) is 0 Å². The minimum absolute atomic E-state index is 0.169. The molecule has 0 saturated heterocycles. The highest BCUT2D eigenvalue weighted by atomic mass is 79.9. The predicted octanol–water partition coefficient (Wildman–Crippen LogP) is 4.95. The van der Waals surface area contributed by atoms with Gasteiger partial charge in [-0.1, -0.05) is 70.2 Å². The van der Waals surface area contributed by atoms with Crippen molar-refractivity contribution in [3.8, 4) is 17.5 Å². The van der Waals surface area contributed by atoms with Crippen LogP contribution in [0.3, 0.4) is 0 Å². The first-order chi connectivity index (χ1) is 12.2. The van der Waals surface area contributed by atoms with Gasteiger partial charge in [0, 0.05) is 16.6 Å². The van der Waals surface area contributed by atoms with Gasteiger partial charge in [0.25, 0.3) is 0 Å². The highest BCUT2D eigenvalue weighted by molar-refractivity contribution is 9.10. The van der Waals surface area contributed by atoms with Crippen LogP contribution in [-0.4, -0.2) is 20.0 Å². The lowest BCUT2D eigenvalue weighted by Gasteiger charge is -2.11. The highest BCUT2D eigenvalue weighted by Crippen LogP contribution is 2.27. The van der Waals surface area contributed by atoms with E-state index in [9.17, 15) is 0 Å². The zero-order chi connectivity index (χ0) is 17.6. The summed E-state index contributed by atoms with van der Waals surface area (Å²) in [7, 11) is 0. The van der Waals surface area contributed by atoms with Crippen molar-refractivity contribution >= 4 is 27.7 Å². The van der Waals surface area contributed by atoms with E-state index < -0.39 is 0 Å². The summed E-state index contributed by atoms with van der Waals surface area (Å²) in [5.41, 5.74) is 2.28. The van der Waals surface area contributed by atoms with Crippen LogP contribution in [0.1, 0.15) is 12.5 Å². The standard InChI is InChI=1S/C19H17BrN4S/c1-14(13-21)25-19-23-22-18(16-7-9-17(20)10-8-16)24(19)12-11-15-5-3-2-4-6-15/h2-10,14H,11-12H2,1H3. The van der Waals surface area contributed by atoms with Gasteiger partial charge in [-0.3, -0.25) is 0 Å². The van der Waals surface area contributed by atoms with Crippen molar-refractivity contribution < 1.29 is 0 Å². The molecule has 2 aromatic carbocycles. The Kier molecular flexibility index (Phi) is 5.90. The molecular weight excluding hydrogens is 396 g/mol.